The first-order valence-corrected chi connectivity index (χ1v) is 6.51. The van der Waals surface area contributed by atoms with Gasteiger partial charge in [-0.1, -0.05) is 20.3 Å². The van der Waals surface area contributed by atoms with Crippen LogP contribution in [-0.4, -0.2) is 35.6 Å². The van der Waals surface area contributed by atoms with Crippen molar-refractivity contribution in [3.8, 4) is 0 Å². The van der Waals surface area contributed by atoms with E-state index in [2.05, 4.69) is 44.8 Å². The summed E-state index contributed by atoms with van der Waals surface area (Å²) in [5.74, 6) is 0. The lowest BCUT2D eigenvalue weighted by molar-refractivity contribution is 0.0281. The Labute approximate surface area is 95.4 Å². The van der Waals surface area contributed by atoms with Crippen LogP contribution in [0, 0.1) is 0 Å². The van der Waals surface area contributed by atoms with Gasteiger partial charge in [-0.15, -0.1) is 0 Å². The highest BCUT2D eigenvalue weighted by molar-refractivity contribution is 4.94. The molecule has 1 aliphatic heterocycles. The van der Waals surface area contributed by atoms with Crippen molar-refractivity contribution in [3.05, 3.63) is 0 Å². The molecule has 1 rings (SSSR count). The van der Waals surface area contributed by atoms with Gasteiger partial charge in [0.05, 0.1) is 0 Å². The van der Waals surface area contributed by atoms with Crippen molar-refractivity contribution in [2.45, 2.75) is 71.5 Å². The number of nitrogens with zero attached hydrogens (tertiary/aromatic N) is 1. The van der Waals surface area contributed by atoms with Crippen LogP contribution in [0.2, 0.25) is 0 Å². The second-order valence-electron chi connectivity index (χ2n) is 5.59. The fourth-order valence-corrected chi connectivity index (χ4v) is 2.58. The predicted octanol–water partition coefficient (Wildman–Crippen LogP) is 2.64. The molecule has 0 aromatic rings. The molecule has 0 bridgehead atoms. The Morgan fingerprint density at radius 1 is 1.40 bits per heavy atom. The van der Waals surface area contributed by atoms with Gasteiger partial charge in [0.25, 0.3) is 0 Å². The molecule has 0 aliphatic carbocycles. The molecule has 1 N–H and O–H groups in total. The standard InChI is InChI=1S/C13H28N2/c1-6-8-12-9-15(11(3)7-2)13(4,5)10-14-12/h11-12,14H,6-10H2,1-5H3. The molecule has 15 heavy (non-hydrogen) atoms. The van der Waals surface area contributed by atoms with Crippen molar-refractivity contribution in [2.75, 3.05) is 13.1 Å². The minimum Gasteiger partial charge on any atom is -0.311 e. The molecule has 2 nitrogen and oxygen atoms in total. The van der Waals surface area contributed by atoms with Gasteiger partial charge in [0, 0.05) is 30.7 Å². The van der Waals surface area contributed by atoms with Crippen LogP contribution in [-0.2, 0) is 0 Å². The molecule has 2 heteroatoms. The number of nitrogens with one attached hydrogen (secondary N) is 1. The Morgan fingerprint density at radius 3 is 2.60 bits per heavy atom. The van der Waals surface area contributed by atoms with Gasteiger partial charge in [0.2, 0.25) is 0 Å². The Bertz CT molecular complexity index is 189. The van der Waals surface area contributed by atoms with E-state index in [1.54, 1.807) is 0 Å². The second-order valence-corrected chi connectivity index (χ2v) is 5.59. The van der Waals surface area contributed by atoms with E-state index in [4.69, 9.17) is 0 Å². The molecule has 0 saturated carbocycles. The number of hydrogen-bond donors (Lipinski definition) is 1. The number of hydrogen-bond acceptors (Lipinski definition) is 2. The maximum atomic E-state index is 3.68. The lowest BCUT2D eigenvalue weighted by Gasteiger charge is -2.49. The summed E-state index contributed by atoms with van der Waals surface area (Å²) < 4.78 is 0. The highest BCUT2D eigenvalue weighted by Gasteiger charge is 2.35. The summed E-state index contributed by atoms with van der Waals surface area (Å²) in [4.78, 5) is 2.68. The zero-order chi connectivity index (χ0) is 11.5. The normalized spacial score (nSPS) is 29.0. The zero-order valence-electron chi connectivity index (χ0n) is 11.1. The maximum Gasteiger partial charge on any atom is 0.0281 e. The van der Waals surface area contributed by atoms with Crippen LogP contribution in [0.25, 0.3) is 0 Å². The first-order valence-electron chi connectivity index (χ1n) is 6.51. The molecule has 0 amide bonds. The monoisotopic (exact) mass is 212 g/mol. The first-order chi connectivity index (χ1) is 7.01. The van der Waals surface area contributed by atoms with Gasteiger partial charge in [-0.25, -0.2) is 0 Å². The van der Waals surface area contributed by atoms with Gasteiger partial charge in [-0.05, 0) is 33.6 Å². The number of rotatable bonds is 4. The van der Waals surface area contributed by atoms with Crippen LogP contribution in [0.1, 0.15) is 53.9 Å². The third-order valence-electron chi connectivity index (χ3n) is 3.78. The largest absolute Gasteiger partial charge is 0.311 e. The molecule has 1 aliphatic rings. The van der Waals surface area contributed by atoms with Crippen molar-refractivity contribution in [2.24, 2.45) is 0 Å². The molecule has 90 valence electrons. The predicted molar refractivity (Wildman–Crippen MR) is 67.2 cm³/mol. The van der Waals surface area contributed by atoms with Gasteiger partial charge in [0.15, 0.2) is 0 Å². The van der Waals surface area contributed by atoms with Gasteiger partial charge in [-0.2, -0.15) is 0 Å². The third-order valence-corrected chi connectivity index (χ3v) is 3.78. The van der Waals surface area contributed by atoms with Gasteiger partial charge >= 0.3 is 0 Å². The molecule has 1 heterocycles. The van der Waals surface area contributed by atoms with Crippen molar-refractivity contribution < 1.29 is 0 Å². The lowest BCUT2D eigenvalue weighted by Crippen LogP contribution is -2.64. The summed E-state index contributed by atoms with van der Waals surface area (Å²) in [6.45, 7) is 14.0. The molecule has 0 spiro atoms. The Kier molecular flexibility index (Phi) is 4.60. The summed E-state index contributed by atoms with van der Waals surface area (Å²) in [7, 11) is 0. The highest BCUT2D eigenvalue weighted by atomic mass is 15.3. The van der Waals surface area contributed by atoms with Gasteiger partial charge < -0.3 is 5.32 Å². The molecule has 2 atom stereocenters. The van der Waals surface area contributed by atoms with Crippen LogP contribution >= 0.6 is 0 Å². The average Bonchev–Trinajstić information content (AvgIpc) is 2.20. The zero-order valence-corrected chi connectivity index (χ0v) is 11.1. The second kappa shape index (κ2) is 5.31. The van der Waals surface area contributed by atoms with Gasteiger partial charge in [0.1, 0.15) is 0 Å². The van der Waals surface area contributed by atoms with E-state index in [9.17, 15) is 0 Å². The van der Waals surface area contributed by atoms with Gasteiger partial charge in [-0.3, -0.25) is 4.90 Å². The Balaban J connectivity index is 2.61. The summed E-state index contributed by atoms with van der Waals surface area (Å²) >= 11 is 0. The fourth-order valence-electron chi connectivity index (χ4n) is 2.58. The van der Waals surface area contributed by atoms with Crippen molar-refractivity contribution >= 4 is 0 Å². The SMILES string of the molecule is CCCC1CN(C(C)CC)C(C)(C)CN1. The molecule has 0 radical (unpaired) electrons. The van der Waals surface area contributed by atoms with E-state index in [-0.39, 0.29) is 0 Å². The molecular weight excluding hydrogens is 184 g/mol. The molecule has 0 aromatic carbocycles. The van der Waals surface area contributed by atoms with Crippen molar-refractivity contribution in [3.63, 3.8) is 0 Å². The summed E-state index contributed by atoms with van der Waals surface area (Å²) in [5, 5.41) is 3.68. The Hall–Kier alpha value is -0.0800. The van der Waals surface area contributed by atoms with Crippen LogP contribution in [0.15, 0.2) is 0 Å². The van der Waals surface area contributed by atoms with E-state index in [1.165, 1.54) is 25.8 Å². The van der Waals surface area contributed by atoms with Crippen molar-refractivity contribution in [1.29, 1.82) is 0 Å². The van der Waals surface area contributed by atoms with Crippen LogP contribution in [0.3, 0.4) is 0 Å². The third kappa shape index (κ3) is 3.18. The molecular formula is C13H28N2. The van der Waals surface area contributed by atoms with E-state index in [0.29, 0.717) is 17.6 Å². The van der Waals surface area contributed by atoms with E-state index < -0.39 is 0 Å². The highest BCUT2D eigenvalue weighted by Crippen LogP contribution is 2.23. The van der Waals surface area contributed by atoms with E-state index in [1.807, 2.05) is 0 Å². The minimum absolute atomic E-state index is 0.319. The van der Waals surface area contributed by atoms with Crippen LogP contribution in [0.4, 0.5) is 0 Å². The quantitative estimate of drug-likeness (QED) is 0.770. The average molecular weight is 212 g/mol. The minimum atomic E-state index is 0.319. The first kappa shape index (κ1) is 13.0. The lowest BCUT2D eigenvalue weighted by atomic mass is 9.93. The summed E-state index contributed by atoms with van der Waals surface area (Å²) in [6, 6.07) is 1.42. The molecule has 0 aromatic heterocycles. The van der Waals surface area contributed by atoms with E-state index >= 15 is 0 Å². The van der Waals surface area contributed by atoms with Crippen LogP contribution < -0.4 is 5.32 Å². The topological polar surface area (TPSA) is 15.3 Å². The number of piperazine rings is 1. The van der Waals surface area contributed by atoms with E-state index in [0.717, 1.165) is 6.54 Å². The summed E-state index contributed by atoms with van der Waals surface area (Å²) in [6.07, 6.45) is 3.84. The molecule has 1 fully saturated rings. The fraction of sp³-hybridized carbons (Fsp3) is 1.00. The maximum absolute atomic E-state index is 3.68. The summed E-state index contributed by atoms with van der Waals surface area (Å²) in [5.41, 5.74) is 0.319. The van der Waals surface area contributed by atoms with Crippen LogP contribution in [0.5, 0.6) is 0 Å². The Morgan fingerprint density at radius 2 is 2.07 bits per heavy atom. The van der Waals surface area contributed by atoms with Crippen molar-refractivity contribution in [1.82, 2.24) is 10.2 Å². The molecule has 2 unspecified atom stereocenters. The molecule has 1 saturated heterocycles. The smallest absolute Gasteiger partial charge is 0.0281 e.